The maximum absolute atomic E-state index is 13.2. The van der Waals surface area contributed by atoms with E-state index >= 15 is 0 Å². The lowest BCUT2D eigenvalue weighted by atomic mass is 9.94. The lowest BCUT2D eigenvalue weighted by Crippen LogP contribution is -2.42. The van der Waals surface area contributed by atoms with E-state index in [1.807, 2.05) is 6.92 Å². The van der Waals surface area contributed by atoms with Crippen molar-refractivity contribution >= 4 is 11.6 Å². The Morgan fingerprint density at radius 2 is 2.25 bits per heavy atom. The summed E-state index contributed by atoms with van der Waals surface area (Å²) in [5.41, 5.74) is 1.11. The van der Waals surface area contributed by atoms with Crippen molar-refractivity contribution in [3.8, 4) is 0 Å². The Kier molecular flexibility index (Phi) is 2.68. The van der Waals surface area contributed by atoms with Gasteiger partial charge in [0.05, 0.1) is 11.8 Å². The number of halogens is 1. The number of hydrogen-bond donors (Lipinski definition) is 1. The average Bonchev–Trinajstić information content (AvgIpc) is 2.15. The number of hydrogen-bond acceptors (Lipinski definition) is 2. The van der Waals surface area contributed by atoms with Crippen molar-refractivity contribution in [1.29, 1.82) is 0 Å². The zero-order valence-electron chi connectivity index (χ0n) is 9.27. The zero-order chi connectivity index (χ0) is 11.9. The number of carbonyl (C=O) groups excluding carboxylic acids is 1. The van der Waals surface area contributed by atoms with Gasteiger partial charge in [-0.15, -0.1) is 0 Å². The molecule has 0 aliphatic carbocycles. The monoisotopic (exact) mass is 223 g/mol. The Morgan fingerprint density at radius 1 is 1.56 bits per heavy atom. The lowest BCUT2D eigenvalue weighted by molar-refractivity contribution is -0.117. The number of aliphatic hydroxyl groups excluding tert-OH is 1. The summed E-state index contributed by atoms with van der Waals surface area (Å²) in [7, 11) is 0. The summed E-state index contributed by atoms with van der Waals surface area (Å²) in [6.07, 6.45) is -0.140. The smallest absolute Gasteiger partial charge is 0.224 e. The van der Waals surface area contributed by atoms with Crippen molar-refractivity contribution in [3.05, 3.63) is 29.6 Å². The van der Waals surface area contributed by atoms with Gasteiger partial charge < -0.3 is 10.0 Å². The van der Waals surface area contributed by atoms with E-state index < -0.39 is 11.9 Å². The average molecular weight is 223 g/mol. The first kappa shape index (κ1) is 11.1. The second-order valence-electron chi connectivity index (χ2n) is 4.19. The second-order valence-corrected chi connectivity index (χ2v) is 4.19. The minimum absolute atomic E-state index is 0.109. The van der Waals surface area contributed by atoms with Crippen molar-refractivity contribution < 1.29 is 14.3 Å². The Morgan fingerprint density at radius 3 is 2.88 bits per heavy atom. The van der Waals surface area contributed by atoms with Crippen molar-refractivity contribution in [1.82, 2.24) is 0 Å². The van der Waals surface area contributed by atoms with Gasteiger partial charge in [-0.05, 0) is 25.5 Å². The molecular formula is C12H14FNO2. The van der Waals surface area contributed by atoms with Gasteiger partial charge in [-0.2, -0.15) is 0 Å². The molecule has 0 unspecified atom stereocenters. The van der Waals surface area contributed by atoms with Gasteiger partial charge in [-0.1, -0.05) is 6.07 Å². The van der Waals surface area contributed by atoms with Crippen LogP contribution in [0, 0.1) is 5.82 Å². The van der Waals surface area contributed by atoms with Crippen LogP contribution in [0.25, 0.3) is 0 Å². The van der Waals surface area contributed by atoms with Gasteiger partial charge in [0.2, 0.25) is 5.91 Å². The van der Waals surface area contributed by atoms with Crippen LogP contribution in [0.4, 0.5) is 10.1 Å². The molecule has 0 radical (unpaired) electrons. The summed E-state index contributed by atoms with van der Waals surface area (Å²) in [5.74, 6) is -0.530. The number of rotatable bonds is 0. The molecule has 1 aliphatic rings. The molecule has 4 heteroatoms. The number of aliphatic hydroxyl groups is 1. The van der Waals surface area contributed by atoms with Gasteiger partial charge >= 0.3 is 0 Å². The molecule has 1 aromatic carbocycles. The molecule has 0 saturated heterocycles. The van der Waals surface area contributed by atoms with Gasteiger partial charge in [0.1, 0.15) is 5.82 Å². The Balaban J connectivity index is 2.56. The third-order valence-electron chi connectivity index (χ3n) is 2.96. The van der Waals surface area contributed by atoms with Gasteiger partial charge in [0.25, 0.3) is 0 Å². The van der Waals surface area contributed by atoms with Gasteiger partial charge in [0.15, 0.2) is 0 Å². The zero-order valence-corrected chi connectivity index (χ0v) is 9.27. The predicted molar refractivity (Wildman–Crippen MR) is 58.6 cm³/mol. The quantitative estimate of drug-likeness (QED) is 0.730. The summed E-state index contributed by atoms with van der Waals surface area (Å²) in [6, 6.07) is 4.03. The molecule has 16 heavy (non-hydrogen) atoms. The number of carbonyl (C=O) groups is 1. The molecule has 0 spiro atoms. The Hall–Kier alpha value is -1.42. The highest BCUT2D eigenvalue weighted by atomic mass is 19.1. The van der Waals surface area contributed by atoms with Crippen LogP contribution >= 0.6 is 0 Å². The van der Waals surface area contributed by atoms with Crippen LogP contribution in [0.15, 0.2) is 18.2 Å². The molecule has 86 valence electrons. The molecule has 0 aromatic heterocycles. The largest absolute Gasteiger partial charge is 0.388 e. The van der Waals surface area contributed by atoms with Crippen molar-refractivity contribution in [3.63, 3.8) is 0 Å². The summed E-state index contributed by atoms with van der Waals surface area (Å²) >= 11 is 0. The first-order valence-corrected chi connectivity index (χ1v) is 5.28. The van der Waals surface area contributed by atoms with E-state index in [1.165, 1.54) is 30.0 Å². The summed E-state index contributed by atoms with van der Waals surface area (Å²) in [4.78, 5) is 13.0. The number of anilines is 1. The van der Waals surface area contributed by atoms with Gasteiger partial charge in [-0.3, -0.25) is 4.79 Å². The molecule has 3 nitrogen and oxygen atoms in total. The highest BCUT2D eigenvalue weighted by Crippen LogP contribution is 2.37. The number of fused-ring (bicyclic) bond motifs is 1. The van der Waals surface area contributed by atoms with Crippen LogP contribution in [0.5, 0.6) is 0 Å². The van der Waals surface area contributed by atoms with E-state index in [-0.39, 0.29) is 11.9 Å². The molecule has 1 N–H and O–H groups in total. The first-order chi connectivity index (χ1) is 7.50. The van der Waals surface area contributed by atoms with E-state index in [9.17, 15) is 14.3 Å². The number of amides is 1. The normalized spacial score (nSPS) is 24.1. The fraction of sp³-hybridized carbons (Fsp3) is 0.417. The van der Waals surface area contributed by atoms with Crippen molar-refractivity contribution in [2.75, 3.05) is 4.90 Å². The van der Waals surface area contributed by atoms with E-state index in [1.54, 1.807) is 0 Å². The SMILES string of the molecule is CC(=O)N1c2cc(F)ccc2[C@@H](O)C[C@@H]1C. The number of nitrogens with zero attached hydrogens (tertiary/aromatic N) is 1. The van der Waals surface area contributed by atoms with E-state index in [2.05, 4.69) is 0 Å². The summed E-state index contributed by atoms with van der Waals surface area (Å²) in [5, 5.41) is 9.86. The number of benzene rings is 1. The molecule has 1 aliphatic heterocycles. The fourth-order valence-electron chi connectivity index (χ4n) is 2.28. The maximum Gasteiger partial charge on any atom is 0.224 e. The van der Waals surface area contributed by atoms with Crippen molar-refractivity contribution in [2.45, 2.75) is 32.4 Å². The highest BCUT2D eigenvalue weighted by Gasteiger charge is 2.31. The van der Waals surface area contributed by atoms with Crippen LogP contribution in [0.3, 0.4) is 0 Å². The van der Waals surface area contributed by atoms with E-state index in [0.29, 0.717) is 17.7 Å². The maximum atomic E-state index is 13.2. The molecule has 0 saturated carbocycles. The van der Waals surface area contributed by atoms with Crippen LogP contribution in [0.2, 0.25) is 0 Å². The molecule has 0 bridgehead atoms. The standard InChI is InChI=1S/C12H14FNO2/c1-7-5-12(16)10-4-3-9(13)6-11(10)14(7)8(2)15/h3-4,6-7,12,16H,5H2,1-2H3/t7-,12-/m0/s1. The first-order valence-electron chi connectivity index (χ1n) is 5.28. The molecular weight excluding hydrogens is 209 g/mol. The third kappa shape index (κ3) is 1.69. The van der Waals surface area contributed by atoms with Crippen LogP contribution in [-0.2, 0) is 4.79 Å². The van der Waals surface area contributed by atoms with Crippen molar-refractivity contribution in [2.24, 2.45) is 0 Å². The Bertz CT molecular complexity index is 433. The van der Waals surface area contributed by atoms with Crippen LogP contribution in [-0.4, -0.2) is 17.1 Å². The minimum Gasteiger partial charge on any atom is -0.388 e. The molecule has 2 rings (SSSR count). The fourth-order valence-corrected chi connectivity index (χ4v) is 2.28. The molecule has 1 heterocycles. The van der Waals surface area contributed by atoms with E-state index in [0.717, 1.165) is 0 Å². The third-order valence-corrected chi connectivity index (χ3v) is 2.96. The Labute approximate surface area is 93.5 Å². The van der Waals surface area contributed by atoms with E-state index in [4.69, 9.17) is 0 Å². The molecule has 1 amide bonds. The van der Waals surface area contributed by atoms with Crippen LogP contribution in [0.1, 0.15) is 31.9 Å². The van der Waals surface area contributed by atoms with Gasteiger partial charge in [0, 0.05) is 18.5 Å². The van der Waals surface area contributed by atoms with Gasteiger partial charge in [-0.25, -0.2) is 4.39 Å². The second kappa shape index (κ2) is 3.87. The summed E-state index contributed by atoms with van der Waals surface area (Å²) in [6.45, 7) is 3.29. The minimum atomic E-state index is -0.624. The molecule has 2 atom stereocenters. The highest BCUT2D eigenvalue weighted by molar-refractivity contribution is 5.93. The predicted octanol–water partition coefficient (Wildman–Crippen LogP) is 2.00. The topological polar surface area (TPSA) is 40.5 Å². The summed E-state index contributed by atoms with van der Waals surface area (Å²) < 4.78 is 13.2. The molecule has 1 aromatic rings. The van der Waals surface area contributed by atoms with Crippen LogP contribution < -0.4 is 4.90 Å². The lowest BCUT2D eigenvalue weighted by Gasteiger charge is -2.37. The molecule has 0 fully saturated rings.